The van der Waals surface area contributed by atoms with Gasteiger partial charge in [0.15, 0.2) is 5.78 Å². The molecule has 0 aliphatic carbocycles. The molecule has 0 saturated carbocycles. The van der Waals surface area contributed by atoms with Gasteiger partial charge in [0.1, 0.15) is 17.1 Å². The highest BCUT2D eigenvalue weighted by Gasteiger charge is 2.38. The third kappa shape index (κ3) is 5.13. The van der Waals surface area contributed by atoms with Crippen molar-refractivity contribution in [1.29, 1.82) is 0 Å². The Morgan fingerprint density at radius 3 is 2.54 bits per heavy atom. The van der Waals surface area contributed by atoms with E-state index in [-0.39, 0.29) is 35.2 Å². The van der Waals surface area contributed by atoms with Crippen LogP contribution in [0.25, 0.3) is 22.8 Å². The summed E-state index contributed by atoms with van der Waals surface area (Å²) in [5.74, 6) is -0.847. The number of fused-ring (bicyclic) bond motifs is 1. The lowest BCUT2D eigenvalue weighted by Crippen LogP contribution is -2.40. The second-order valence-corrected chi connectivity index (χ2v) is 8.17. The zero-order chi connectivity index (χ0) is 25.4. The highest BCUT2D eigenvalue weighted by Crippen LogP contribution is 2.40. The van der Waals surface area contributed by atoms with Crippen molar-refractivity contribution in [2.24, 2.45) is 0 Å². The molecule has 0 radical (unpaired) electrons. The van der Waals surface area contributed by atoms with Gasteiger partial charge in [-0.1, -0.05) is 19.0 Å². The normalized spacial score (nSPS) is 14.7. The molecular formula is C24H22F3N3O5. The number of alkyl halides is 3. The first kappa shape index (κ1) is 24.2. The van der Waals surface area contributed by atoms with Gasteiger partial charge < -0.3 is 19.3 Å². The number of nitrogens with one attached hydrogen (secondary N) is 1. The van der Waals surface area contributed by atoms with E-state index in [0.717, 1.165) is 6.07 Å². The van der Waals surface area contributed by atoms with Crippen molar-refractivity contribution >= 4 is 17.4 Å². The molecule has 8 nitrogen and oxygen atoms in total. The Hall–Kier alpha value is -3.89. The molecule has 1 aliphatic heterocycles. The summed E-state index contributed by atoms with van der Waals surface area (Å²) in [5, 5.41) is 6.18. The lowest BCUT2D eigenvalue weighted by Gasteiger charge is -2.36. The van der Waals surface area contributed by atoms with Gasteiger partial charge in [0.05, 0.1) is 17.5 Å². The van der Waals surface area contributed by atoms with Gasteiger partial charge in [-0.3, -0.25) is 9.59 Å². The molecule has 1 N–H and O–H groups in total. The molecule has 4 rings (SSSR count). The number of ether oxygens (including phenoxy) is 2. The molecule has 0 atom stereocenters. The number of hydrogen-bond acceptors (Lipinski definition) is 7. The van der Waals surface area contributed by atoms with Crippen LogP contribution in [0, 0.1) is 0 Å². The molecule has 0 unspecified atom stereocenters. The smallest absolute Gasteiger partial charge is 0.486 e. The number of aromatic nitrogens is 2. The first-order valence-corrected chi connectivity index (χ1v) is 10.9. The van der Waals surface area contributed by atoms with Gasteiger partial charge in [-0.15, -0.1) is 13.2 Å². The van der Waals surface area contributed by atoms with Gasteiger partial charge in [0, 0.05) is 24.2 Å². The van der Waals surface area contributed by atoms with Crippen LogP contribution in [0.4, 0.5) is 18.9 Å². The fourth-order valence-corrected chi connectivity index (χ4v) is 3.92. The van der Waals surface area contributed by atoms with Gasteiger partial charge in [-0.05, 0) is 43.2 Å². The molecule has 35 heavy (non-hydrogen) atoms. The van der Waals surface area contributed by atoms with Crippen LogP contribution < -0.4 is 14.8 Å². The Morgan fingerprint density at radius 2 is 1.89 bits per heavy atom. The monoisotopic (exact) mass is 489 g/mol. The summed E-state index contributed by atoms with van der Waals surface area (Å²) in [6, 6.07) is 8.53. The molecule has 1 aliphatic rings. The number of amides is 1. The Bertz CT molecular complexity index is 1280. The number of halogens is 3. The van der Waals surface area contributed by atoms with Crippen molar-refractivity contribution in [3.8, 4) is 34.3 Å². The molecule has 11 heteroatoms. The number of Topliss-reactive ketones (excluding diaryl/α,β-unsaturated/α-hetero) is 1. The minimum absolute atomic E-state index is 0.00214. The lowest BCUT2D eigenvalue weighted by atomic mass is 9.85. The van der Waals surface area contributed by atoms with E-state index in [2.05, 4.69) is 20.2 Å². The summed E-state index contributed by atoms with van der Waals surface area (Å²) in [5.41, 5.74) is 0.252. The number of ketones is 1. The molecular weight excluding hydrogens is 467 g/mol. The molecule has 1 amide bonds. The van der Waals surface area contributed by atoms with Gasteiger partial charge >= 0.3 is 6.36 Å². The van der Waals surface area contributed by atoms with Crippen LogP contribution in [0.3, 0.4) is 0 Å². The third-order valence-electron chi connectivity index (χ3n) is 5.82. The second-order valence-electron chi connectivity index (χ2n) is 8.17. The van der Waals surface area contributed by atoms with Crippen LogP contribution >= 0.6 is 0 Å². The summed E-state index contributed by atoms with van der Waals surface area (Å²) < 4.78 is 54.5. The van der Waals surface area contributed by atoms with E-state index in [9.17, 15) is 22.8 Å². The molecule has 0 spiro atoms. The quantitative estimate of drug-likeness (QED) is 0.468. The van der Waals surface area contributed by atoms with E-state index >= 15 is 0 Å². The average Bonchev–Trinajstić information content (AvgIpc) is 3.27. The summed E-state index contributed by atoms with van der Waals surface area (Å²) >= 11 is 0. The number of anilines is 1. The maximum atomic E-state index is 13.0. The zero-order valence-electron chi connectivity index (χ0n) is 19.2. The first-order chi connectivity index (χ1) is 16.5. The fourth-order valence-electron chi connectivity index (χ4n) is 3.92. The summed E-state index contributed by atoms with van der Waals surface area (Å²) in [7, 11) is 0. The number of rotatable bonds is 6. The Balaban J connectivity index is 1.68. The lowest BCUT2D eigenvalue weighted by molar-refractivity contribution is -0.274. The van der Waals surface area contributed by atoms with E-state index in [1.54, 1.807) is 18.2 Å². The Morgan fingerprint density at radius 1 is 1.14 bits per heavy atom. The molecule has 0 saturated heterocycles. The number of hydrogen-bond donors (Lipinski definition) is 1. The van der Waals surface area contributed by atoms with Crippen molar-refractivity contribution in [3.63, 3.8) is 0 Å². The first-order valence-electron chi connectivity index (χ1n) is 10.9. The average molecular weight is 489 g/mol. The van der Waals surface area contributed by atoms with Crippen molar-refractivity contribution in [2.45, 2.75) is 52.0 Å². The standard InChI is InChI=1S/C24H22F3N3O5/c1-4-23(5-2)12-18(32)17-10-14(6-9-19(17)33-23)22-29-21(30-35-22)16-8-7-15(28-13(3)31)11-20(16)34-24(25,26)27/h6-11H,4-5,12H2,1-3H3,(H,28,31). The van der Waals surface area contributed by atoms with Gasteiger partial charge in [0.2, 0.25) is 11.7 Å². The van der Waals surface area contributed by atoms with Crippen molar-refractivity contribution in [1.82, 2.24) is 10.1 Å². The van der Waals surface area contributed by atoms with E-state index < -0.39 is 23.6 Å². The van der Waals surface area contributed by atoms with Crippen LogP contribution in [0.15, 0.2) is 40.9 Å². The number of benzene rings is 2. The predicted octanol–water partition coefficient (Wildman–Crippen LogP) is 5.78. The van der Waals surface area contributed by atoms with Crippen molar-refractivity contribution < 1.29 is 36.8 Å². The van der Waals surface area contributed by atoms with Crippen LogP contribution in [-0.4, -0.2) is 33.8 Å². The molecule has 2 heterocycles. The maximum absolute atomic E-state index is 13.0. The highest BCUT2D eigenvalue weighted by molar-refractivity contribution is 6.01. The summed E-state index contributed by atoms with van der Waals surface area (Å²) in [4.78, 5) is 28.3. The minimum Gasteiger partial charge on any atom is -0.486 e. The zero-order valence-corrected chi connectivity index (χ0v) is 19.2. The van der Waals surface area contributed by atoms with E-state index in [4.69, 9.17) is 9.26 Å². The van der Waals surface area contributed by atoms with Crippen LogP contribution in [0.5, 0.6) is 11.5 Å². The Kier molecular flexibility index (Phi) is 6.27. The van der Waals surface area contributed by atoms with Crippen LogP contribution in [0.2, 0.25) is 0 Å². The fraction of sp³-hybridized carbons (Fsp3) is 0.333. The second kappa shape index (κ2) is 9.05. The summed E-state index contributed by atoms with van der Waals surface area (Å²) in [6.07, 6.45) is -3.37. The summed E-state index contributed by atoms with van der Waals surface area (Å²) in [6.45, 7) is 5.16. The molecule has 0 bridgehead atoms. The molecule has 1 aromatic heterocycles. The van der Waals surface area contributed by atoms with E-state index in [1.165, 1.54) is 19.1 Å². The van der Waals surface area contributed by atoms with Crippen LogP contribution in [-0.2, 0) is 4.79 Å². The molecule has 2 aromatic carbocycles. The van der Waals surface area contributed by atoms with Gasteiger partial charge in [-0.2, -0.15) is 4.98 Å². The predicted molar refractivity (Wildman–Crippen MR) is 119 cm³/mol. The van der Waals surface area contributed by atoms with Crippen molar-refractivity contribution in [2.75, 3.05) is 5.32 Å². The molecule has 184 valence electrons. The number of carbonyl (C=O) groups is 2. The van der Waals surface area contributed by atoms with Gasteiger partial charge in [-0.25, -0.2) is 0 Å². The largest absolute Gasteiger partial charge is 0.573 e. The topological polar surface area (TPSA) is 104 Å². The van der Waals surface area contributed by atoms with Gasteiger partial charge in [0.25, 0.3) is 5.89 Å². The SMILES string of the molecule is CCC1(CC)CC(=O)c2cc(-c3nc(-c4ccc(NC(C)=O)cc4OC(F)(F)F)no3)ccc2O1. The van der Waals surface area contributed by atoms with E-state index in [1.807, 2.05) is 13.8 Å². The molecule has 3 aromatic rings. The number of nitrogens with zero attached hydrogens (tertiary/aromatic N) is 2. The Labute approximate surface area is 198 Å². The number of carbonyl (C=O) groups excluding carboxylic acids is 2. The van der Waals surface area contributed by atoms with E-state index in [0.29, 0.717) is 29.7 Å². The van der Waals surface area contributed by atoms with Crippen molar-refractivity contribution in [3.05, 3.63) is 42.0 Å². The van der Waals surface area contributed by atoms with Crippen LogP contribution in [0.1, 0.15) is 50.4 Å². The maximum Gasteiger partial charge on any atom is 0.573 e. The third-order valence-corrected chi connectivity index (χ3v) is 5.82. The molecule has 0 fully saturated rings. The minimum atomic E-state index is -4.98. The highest BCUT2D eigenvalue weighted by atomic mass is 19.4.